The van der Waals surface area contributed by atoms with Gasteiger partial charge in [0.15, 0.2) is 11.6 Å². The van der Waals surface area contributed by atoms with E-state index in [1.807, 2.05) is 42.6 Å². The molecule has 122 valence electrons. The van der Waals surface area contributed by atoms with Crippen LogP contribution in [0.15, 0.2) is 58.5 Å². The lowest BCUT2D eigenvalue weighted by Gasteiger charge is -2.05. The number of anilines is 1. The number of Topliss-reactive ketones (excluding diaryl/α,β-unsaturated/α-hetero) is 1. The van der Waals surface area contributed by atoms with E-state index >= 15 is 0 Å². The van der Waals surface area contributed by atoms with Gasteiger partial charge in [0.2, 0.25) is 0 Å². The Morgan fingerprint density at radius 2 is 1.88 bits per heavy atom. The first-order valence-electron chi connectivity index (χ1n) is 7.19. The van der Waals surface area contributed by atoms with E-state index in [-0.39, 0.29) is 11.6 Å². The third-order valence-corrected chi connectivity index (χ3v) is 4.29. The Balaban J connectivity index is 2.03. The van der Waals surface area contributed by atoms with Crippen molar-refractivity contribution in [3.8, 4) is 0 Å². The summed E-state index contributed by atoms with van der Waals surface area (Å²) in [6.45, 7) is 1.43. The summed E-state index contributed by atoms with van der Waals surface area (Å²) in [6, 6.07) is 13.7. The second-order valence-electron chi connectivity index (χ2n) is 4.99. The van der Waals surface area contributed by atoms with Crippen LogP contribution < -0.4 is 5.32 Å². The molecule has 0 saturated carbocycles. The maximum absolute atomic E-state index is 12.0. The minimum atomic E-state index is -0.667. The van der Waals surface area contributed by atoms with Crippen LogP contribution in [0.4, 0.5) is 10.6 Å². The molecule has 0 saturated heterocycles. The quantitative estimate of drug-likeness (QED) is 0.729. The summed E-state index contributed by atoms with van der Waals surface area (Å²) in [5.74, 6) is -0.00743. The molecule has 1 N–H and O–H groups in total. The van der Waals surface area contributed by atoms with Crippen LogP contribution in [0.3, 0.4) is 0 Å². The normalized spacial score (nSPS) is 10.6. The fourth-order valence-corrected chi connectivity index (χ4v) is 3.14. The van der Waals surface area contributed by atoms with Gasteiger partial charge in [-0.1, -0.05) is 30.0 Å². The van der Waals surface area contributed by atoms with E-state index in [4.69, 9.17) is 0 Å². The molecular formula is C17H15N3O3S. The number of methoxy groups -OCH3 is 1. The van der Waals surface area contributed by atoms with Gasteiger partial charge in [-0.3, -0.25) is 14.5 Å². The van der Waals surface area contributed by atoms with E-state index in [2.05, 4.69) is 15.0 Å². The van der Waals surface area contributed by atoms with Gasteiger partial charge in [0.25, 0.3) is 0 Å². The Morgan fingerprint density at radius 3 is 2.54 bits per heavy atom. The molecule has 0 spiro atoms. The molecule has 0 bridgehead atoms. The molecule has 3 rings (SSSR count). The van der Waals surface area contributed by atoms with Crippen LogP contribution in [0.5, 0.6) is 0 Å². The van der Waals surface area contributed by atoms with Crippen LogP contribution in [-0.2, 0) is 4.74 Å². The van der Waals surface area contributed by atoms with Gasteiger partial charge in [-0.05, 0) is 24.3 Å². The second kappa shape index (κ2) is 6.76. The zero-order valence-electron chi connectivity index (χ0n) is 13.1. The molecule has 2 aromatic heterocycles. The number of nitrogens with one attached hydrogen (secondary N) is 1. The average Bonchev–Trinajstić information content (AvgIpc) is 2.92. The molecule has 1 aromatic carbocycles. The molecule has 1 amide bonds. The number of ketones is 1. The summed E-state index contributed by atoms with van der Waals surface area (Å²) in [5, 5.41) is 2.48. The second-order valence-corrected chi connectivity index (χ2v) is 6.14. The molecule has 3 aromatic rings. The lowest BCUT2D eigenvalue weighted by molar-refractivity contribution is 0.101. The van der Waals surface area contributed by atoms with Crippen LogP contribution in [0.25, 0.3) is 5.65 Å². The van der Waals surface area contributed by atoms with Gasteiger partial charge in [0.1, 0.15) is 11.3 Å². The van der Waals surface area contributed by atoms with Crippen molar-refractivity contribution in [2.24, 2.45) is 0 Å². The molecule has 6 nitrogen and oxygen atoms in total. The summed E-state index contributed by atoms with van der Waals surface area (Å²) < 4.78 is 6.25. The molecule has 7 heteroatoms. The molecule has 0 unspecified atom stereocenters. The van der Waals surface area contributed by atoms with Crippen molar-refractivity contribution in [1.29, 1.82) is 0 Å². The SMILES string of the molecule is COC(=O)Nc1nc2ccc(Sc3ccccc3)cn2c1C(C)=O. The molecular weight excluding hydrogens is 326 g/mol. The third-order valence-electron chi connectivity index (χ3n) is 3.31. The van der Waals surface area contributed by atoms with Crippen LogP contribution in [0, 0.1) is 0 Å². The number of nitrogens with zero attached hydrogens (tertiary/aromatic N) is 2. The van der Waals surface area contributed by atoms with Gasteiger partial charge in [-0.2, -0.15) is 0 Å². The number of rotatable bonds is 4. The van der Waals surface area contributed by atoms with Gasteiger partial charge in [-0.15, -0.1) is 0 Å². The van der Waals surface area contributed by atoms with Crippen molar-refractivity contribution in [2.45, 2.75) is 16.7 Å². The van der Waals surface area contributed by atoms with Crippen LogP contribution in [0.1, 0.15) is 17.4 Å². The number of imidazole rings is 1. The minimum absolute atomic E-state index is 0.191. The summed E-state index contributed by atoms with van der Waals surface area (Å²) in [7, 11) is 1.26. The highest BCUT2D eigenvalue weighted by Crippen LogP contribution is 2.29. The number of benzene rings is 1. The van der Waals surface area contributed by atoms with Crippen LogP contribution >= 0.6 is 11.8 Å². The first-order valence-corrected chi connectivity index (χ1v) is 8.01. The Morgan fingerprint density at radius 1 is 1.12 bits per heavy atom. The predicted octanol–water partition coefficient (Wildman–Crippen LogP) is 3.87. The Hall–Kier alpha value is -2.80. The van der Waals surface area contributed by atoms with Gasteiger partial charge in [0, 0.05) is 22.9 Å². The molecule has 0 fully saturated rings. The van der Waals surface area contributed by atoms with Crippen molar-refractivity contribution in [2.75, 3.05) is 12.4 Å². The molecule has 0 aliphatic carbocycles. The Bertz CT molecular complexity index is 906. The third kappa shape index (κ3) is 3.26. The predicted molar refractivity (Wildman–Crippen MR) is 91.8 cm³/mol. The Labute approximate surface area is 142 Å². The maximum Gasteiger partial charge on any atom is 0.412 e. The van der Waals surface area contributed by atoms with Crippen molar-refractivity contribution < 1.29 is 14.3 Å². The van der Waals surface area contributed by atoms with Gasteiger partial charge >= 0.3 is 6.09 Å². The lowest BCUT2D eigenvalue weighted by atomic mass is 10.3. The minimum Gasteiger partial charge on any atom is -0.453 e. The van der Waals surface area contributed by atoms with E-state index in [1.165, 1.54) is 14.0 Å². The number of fused-ring (bicyclic) bond motifs is 1. The maximum atomic E-state index is 12.0. The molecule has 0 radical (unpaired) electrons. The standard InChI is InChI=1S/C17H15N3O3S/c1-11(21)15-16(19-17(22)23-2)18-14-9-8-13(10-20(14)15)24-12-6-4-3-5-7-12/h3-10H,1-2H3,(H,19,22). The number of hydrogen-bond donors (Lipinski definition) is 1. The smallest absolute Gasteiger partial charge is 0.412 e. The first-order chi connectivity index (χ1) is 11.6. The van der Waals surface area contributed by atoms with E-state index in [1.54, 1.807) is 22.2 Å². The number of carbonyl (C=O) groups excluding carboxylic acids is 2. The number of amides is 1. The lowest BCUT2D eigenvalue weighted by Crippen LogP contribution is -2.14. The van der Waals surface area contributed by atoms with E-state index in [0.29, 0.717) is 11.3 Å². The molecule has 0 atom stereocenters. The molecule has 24 heavy (non-hydrogen) atoms. The number of carbonyl (C=O) groups is 2. The molecule has 0 aliphatic rings. The van der Waals surface area contributed by atoms with Crippen molar-refractivity contribution in [3.63, 3.8) is 0 Å². The van der Waals surface area contributed by atoms with Gasteiger partial charge < -0.3 is 4.74 Å². The number of pyridine rings is 1. The van der Waals surface area contributed by atoms with Crippen molar-refractivity contribution in [3.05, 3.63) is 54.4 Å². The highest BCUT2D eigenvalue weighted by molar-refractivity contribution is 7.99. The van der Waals surface area contributed by atoms with Crippen molar-refractivity contribution in [1.82, 2.24) is 9.38 Å². The van der Waals surface area contributed by atoms with Crippen LogP contribution in [-0.4, -0.2) is 28.4 Å². The zero-order chi connectivity index (χ0) is 17.1. The first kappa shape index (κ1) is 16.1. The van der Waals surface area contributed by atoms with Crippen LogP contribution in [0.2, 0.25) is 0 Å². The number of hydrogen-bond acceptors (Lipinski definition) is 5. The topological polar surface area (TPSA) is 72.7 Å². The number of aromatic nitrogens is 2. The fourth-order valence-electron chi connectivity index (χ4n) is 2.28. The van der Waals surface area contributed by atoms with Crippen molar-refractivity contribution >= 4 is 35.1 Å². The Kier molecular flexibility index (Phi) is 4.52. The largest absolute Gasteiger partial charge is 0.453 e. The van der Waals surface area contributed by atoms with E-state index in [9.17, 15) is 9.59 Å². The monoisotopic (exact) mass is 341 g/mol. The van der Waals surface area contributed by atoms with E-state index in [0.717, 1.165) is 9.79 Å². The summed E-state index contributed by atoms with van der Waals surface area (Å²) in [4.78, 5) is 29.8. The molecule has 0 aliphatic heterocycles. The summed E-state index contributed by atoms with van der Waals surface area (Å²) >= 11 is 1.58. The summed E-state index contributed by atoms with van der Waals surface area (Å²) in [6.07, 6.45) is 1.17. The molecule has 2 heterocycles. The number of ether oxygens (including phenoxy) is 1. The van der Waals surface area contributed by atoms with E-state index < -0.39 is 6.09 Å². The fraction of sp³-hybridized carbons (Fsp3) is 0.118. The summed E-state index contributed by atoms with van der Waals surface area (Å²) in [5.41, 5.74) is 0.884. The van der Waals surface area contributed by atoms with Gasteiger partial charge in [-0.25, -0.2) is 9.78 Å². The van der Waals surface area contributed by atoms with Gasteiger partial charge in [0.05, 0.1) is 7.11 Å². The average molecular weight is 341 g/mol. The highest BCUT2D eigenvalue weighted by atomic mass is 32.2. The highest BCUT2D eigenvalue weighted by Gasteiger charge is 2.18. The zero-order valence-corrected chi connectivity index (χ0v) is 14.0.